The van der Waals surface area contributed by atoms with Crippen molar-refractivity contribution in [2.75, 3.05) is 0 Å². The lowest BCUT2D eigenvalue weighted by molar-refractivity contribution is 0.447. The maximum Gasteiger partial charge on any atom is 0.270 e. The zero-order chi connectivity index (χ0) is 34.0. The van der Waals surface area contributed by atoms with E-state index < -0.39 is 34.9 Å². The second-order valence-corrected chi connectivity index (χ2v) is 11.1. The minimum Gasteiger partial charge on any atom is -0.226 e. The smallest absolute Gasteiger partial charge is 0.226 e. The molecule has 0 unspecified atom stereocenters. The Morgan fingerprint density at radius 3 is 1.25 bits per heavy atom. The molecule has 5 aromatic carbocycles. The first-order valence-corrected chi connectivity index (χ1v) is 14.2. The maximum atomic E-state index is 14.4. The summed E-state index contributed by atoms with van der Waals surface area (Å²) in [5.74, 6) is -8.84. The highest BCUT2D eigenvalue weighted by Crippen LogP contribution is 2.45. The van der Waals surface area contributed by atoms with Crippen molar-refractivity contribution in [3.63, 3.8) is 0 Å². The molecule has 0 saturated heterocycles. The summed E-state index contributed by atoms with van der Waals surface area (Å²) in [6.07, 6.45) is 0.0398. The number of hydrogen-bond acceptors (Lipinski definition) is 2. The predicted octanol–water partition coefficient (Wildman–Crippen LogP) is 8.10. The van der Waals surface area contributed by atoms with Crippen LogP contribution in [0.1, 0.15) is 22.3 Å². The molecule has 228 valence electrons. The van der Waals surface area contributed by atoms with E-state index in [-0.39, 0.29) is 45.8 Å². The van der Waals surface area contributed by atoms with Crippen LogP contribution in [0.5, 0.6) is 0 Å². The van der Waals surface area contributed by atoms with Crippen molar-refractivity contribution in [1.29, 1.82) is 10.5 Å². The van der Waals surface area contributed by atoms with Crippen molar-refractivity contribution < 1.29 is 26.3 Å². The van der Waals surface area contributed by atoms with E-state index in [4.69, 9.17) is 13.1 Å². The van der Waals surface area contributed by atoms with E-state index in [9.17, 15) is 36.9 Å². The Bertz CT molecular complexity index is 2410. The normalized spacial score (nSPS) is 11.7. The van der Waals surface area contributed by atoms with Crippen LogP contribution in [0, 0.1) is 70.7 Å². The van der Waals surface area contributed by atoms with E-state index >= 15 is 0 Å². The fourth-order valence-corrected chi connectivity index (χ4v) is 6.94. The maximum absolute atomic E-state index is 14.4. The van der Waals surface area contributed by atoms with Crippen LogP contribution in [-0.2, 0) is 12.8 Å². The van der Waals surface area contributed by atoms with E-state index in [0.717, 1.165) is 24.3 Å². The van der Waals surface area contributed by atoms with Gasteiger partial charge in [0, 0.05) is 5.22 Å². The third-order valence-electron chi connectivity index (χ3n) is 8.80. The van der Waals surface area contributed by atoms with Crippen LogP contribution in [0.15, 0.2) is 60.7 Å². The quantitative estimate of drug-likeness (QED) is 0.109. The van der Waals surface area contributed by atoms with Gasteiger partial charge in [0.15, 0.2) is 34.9 Å². The molecule has 2 aliphatic carbocycles. The Morgan fingerprint density at radius 1 is 0.542 bits per heavy atom. The van der Waals surface area contributed by atoms with Crippen LogP contribution in [0.2, 0.25) is 0 Å². The molecule has 0 bridgehead atoms. The summed E-state index contributed by atoms with van der Waals surface area (Å²) in [5.41, 5.74) is 3.67. The molecule has 7 rings (SSSR count). The number of benzene rings is 5. The summed E-state index contributed by atoms with van der Waals surface area (Å²) in [6.45, 7) is 15.8. The van der Waals surface area contributed by atoms with Crippen molar-refractivity contribution in [3.8, 4) is 56.6 Å². The molecule has 0 aliphatic heterocycles. The Kier molecular flexibility index (Phi) is 6.90. The minimum absolute atomic E-state index is 0.0199. The van der Waals surface area contributed by atoms with Gasteiger partial charge in [0.1, 0.15) is 0 Å². The van der Waals surface area contributed by atoms with Gasteiger partial charge < -0.3 is 0 Å². The highest BCUT2D eigenvalue weighted by atomic mass is 19.2. The average Bonchev–Trinajstić information content (AvgIpc) is 3.66. The van der Waals surface area contributed by atoms with Crippen LogP contribution in [0.4, 0.5) is 26.3 Å². The van der Waals surface area contributed by atoms with E-state index in [0.29, 0.717) is 55.6 Å². The molecule has 0 aromatic heterocycles. The van der Waals surface area contributed by atoms with Gasteiger partial charge in [-0.25, -0.2) is 46.6 Å². The largest absolute Gasteiger partial charge is 0.270 e. The molecule has 0 N–H and O–H groups in total. The van der Waals surface area contributed by atoms with Crippen molar-refractivity contribution in [2.45, 2.75) is 12.8 Å². The Morgan fingerprint density at radius 2 is 0.896 bits per heavy atom. The van der Waals surface area contributed by atoms with Crippen LogP contribution >= 0.6 is 0 Å². The molecule has 10 heteroatoms. The van der Waals surface area contributed by atoms with Crippen molar-refractivity contribution in [1.82, 2.24) is 0 Å². The van der Waals surface area contributed by atoms with Gasteiger partial charge in [0.25, 0.3) is 11.4 Å². The van der Waals surface area contributed by atoms with Crippen molar-refractivity contribution in [3.05, 3.63) is 151 Å². The Labute approximate surface area is 268 Å². The average molecular weight is 641 g/mol. The molecule has 0 spiro atoms. The van der Waals surface area contributed by atoms with Crippen LogP contribution in [-0.4, -0.2) is 0 Å². The van der Waals surface area contributed by atoms with Gasteiger partial charge in [0.2, 0.25) is 0 Å². The molecule has 5 aromatic rings. The molecule has 2 aliphatic rings. The molecule has 4 nitrogen and oxygen atoms in total. The van der Waals surface area contributed by atoms with Gasteiger partial charge in [-0.1, -0.05) is 36.4 Å². The molecule has 0 saturated carbocycles. The summed E-state index contributed by atoms with van der Waals surface area (Å²) in [5, 5.41) is 20.8. The SMILES string of the molecule is [C-]#[N+]C(C#N)=c1c2c(c(=C(C#N)[N+]#[C-])c3c1Cc1c(-c4cc(F)c(F)c(F)c4)cccc1-3)-c1cccc(-c3cc(F)c(F)c(F)c3)c1C2. The van der Waals surface area contributed by atoms with Gasteiger partial charge in [-0.2, -0.15) is 0 Å². The van der Waals surface area contributed by atoms with Crippen LogP contribution in [0.25, 0.3) is 65.6 Å². The molecule has 0 atom stereocenters. The zero-order valence-corrected chi connectivity index (χ0v) is 24.2. The fourth-order valence-electron chi connectivity index (χ4n) is 6.94. The van der Waals surface area contributed by atoms with Crippen LogP contribution < -0.4 is 10.4 Å². The number of halogens is 6. The number of nitrogens with zero attached hydrogens (tertiary/aromatic N) is 4. The van der Waals surface area contributed by atoms with E-state index in [2.05, 4.69) is 9.69 Å². The minimum atomic E-state index is -1.63. The lowest BCUT2D eigenvalue weighted by atomic mass is 9.90. The third-order valence-corrected chi connectivity index (χ3v) is 8.80. The molecular formula is C38H14F6N4. The number of rotatable bonds is 2. The summed E-state index contributed by atoms with van der Waals surface area (Å²) in [4.78, 5) is 7.00. The lowest BCUT2D eigenvalue weighted by Gasteiger charge is -2.13. The van der Waals surface area contributed by atoms with Gasteiger partial charge in [-0.15, -0.1) is 0 Å². The second kappa shape index (κ2) is 11.0. The van der Waals surface area contributed by atoms with E-state index in [1.165, 1.54) is 0 Å². The van der Waals surface area contributed by atoms with Gasteiger partial charge >= 0.3 is 0 Å². The van der Waals surface area contributed by atoms with Gasteiger partial charge in [0.05, 0.1) is 25.3 Å². The highest BCUT2D eigenvalue weighted by Gasteiger charge is 2.34. The summed E-state index contributed by atoms with van der Waals surface area (Å²) in [7, 11) is 0. The second-order valence-electron chi connectivity index (χ2n) is 11.1. The molecule has 0 radical (unpaired) electrons. The summed E-state index contributed by atoms with van der Waals surface area (Å²) >= 11 is 0. The number of fused-ring (bicyclic) bond motifs is 6. The summed E-state index contributed by atoms with van der Waals surface area (Å²) in [6, 6.07) is 17.0. The monoisotopic (exact) mass is 640 g/mol. The predicted molar refractivity (Wildman–Crippen MR) is 164 cm³/mol. The molecule has 0 fully saturated rings. The standard InChI is InChI=1S/C38H14F6N4/c1-47-31(15-45)33-25-13-23-19(17-9-27(39)37(43)28(40)10-17)5-3-7-21(23)34(25)36(32(16-46)48-2)35-22-8-4-6-20(24(22)14-26(33)35)18-11-29(41)38(44)30(42)12-18/h3-12H,13-14H2. The highest BCUT2D eigenvalue weighted by molar-refractivity contribution is 5.96. The molecular weight excluding hydrogens is 626 g/mol. The topological polar surface area (TPSA) is 56.3 Å². The Hall–Kier alpha value is -6.62. The first-order valence-electron chi connectivity index (χ1n) is 14.2. The van der Waals surface area contributed by atoms with Crippen molar-refractivity contribution >= 4 is 11.4 Å². The van der Waals surface area contributed by atoms with Crippen molar-refractivity contribution in [2.24, 2.45) is 0 Å². The molecule has 0 amide bonds. The number of nitriles is 2. The third kappa shape index (κ3) is 4.21. The number of hydrogen-bond donors (Lipinski definition) is 0. The Balaban J connectivity index is 1.63. The zero-order valence-electron chi connectivity index (χ0n) is 24.2. The van der Waals surface area contributed by atoms with E-state index in [1.807, 2.05) is 12.1 Å². The van der Waals surface area contributed by atoms with Gasteiger partial charge in [-0.3, -0.25) is 0 Å². The van der Waals surface area contributed by atoms with E-state index in [1.54, 1.807) is 36.4 Å². The van der Waals surface area contributed by atoms with Crippen LogP contribution in [0.3, 0.4) is 0 Å². The molecule has 0 heterocycles. The fraction of sp³-hybridized carbons (Fsp3) is 0.0526. The first kappa shape index (κ1) is 30.1. The molecule has 48 heavy (non-hydrogen) atoms. The van der Waals surface area contributed by atoms with Gasteiger partial charge in [-0.05, 0) is 109 Å². The first-order chi connectivity index (χ1) is 23.1. The lowest BCUT2D eigenvalue weighted by Crippen LogP contribution is -2.25. The summed E-state index contributed by atoms with van der Waals surface area (Å²) < 4.78 is 85.2.